The topological polar surface area (TPSA) is 86.1 Å². The lowest BCUT2D eigenvalue weighted by molar-refractivity contribution is -0.119. The fraction of sp³-hybridized carbons (Fsp3) is 0.333. The summed E-state index contributed by atoms with van der Waals surface area (Å²) in [5, 5.41) is 11.9. The molecule has 1 aliphatic rings. The number of likely N-dealkylation sites (tertiary alicyclic amines) is 1. The Bertz CT molecular complexity index is 870. The molecule has 1 aromatic heterocycles. The molecule has 6 nitrogen and oxygen atoms in total. The summed E-state index contributed by atoms with van der Waals surface area (Å²) in [5.74, 6) is -0.204. The molecule has 138 valence electrons. The van der Waals surface area contributed by atoms with Crippen LogP contribution in [-0.2, 0) is 11.3 Å². The van der Waals surface area contributed by atoms with Crippen LogP contribution in [0, 0.1) is 17.2 Å². The lowest BCUT2D eigenvalue weighted by Crippen LogP contribution is -2.39. The molecule has 0 aliphatic carbocycles. The van der Waals surface area contributed by atoms with Crippen LogP contribution in [0.4, 0.5) is 0 Å². The van der Waals surface area contributed by atoms with Gasteiger partial charge in [-0.3, -0.25) is 14.6 Å². The zero-order valence-electron chi connectivity index (χ0n) is 15.3. The van der Waals surface area contributed by atoms with E-state index < -0.39 is 0 Å². The summed E-state index contributed by atoms with van der Waals surface area (Å²) < 4.78 is 0. The molecule has 1 N–H and O–H groups in total. The average molecular weight is 362 g/mol. The Morgan fingerprint density at radius 1 is 1.33 bits per heavy atom. The highest BCUT2D eigenvalue weighted by Gasteiger charge is 2.24. The van der Waals surface area contributed by atoms with Crippen molar-refractivity contribution < 1.29 is 9.59 Å². The van der Waals surface area contributed by atoms with Crippen molar-refractivity contribution in [3.05, 3.63) is 53.7 Å². The van der Waals surface area contributed by atoms with Crippen molar-refractivity contribution in [1.29, 1.82) is 5.26 Å². The number of hydrogen-bond donors (Lipinski definition) is 1. The number of carbonyl (C=O) groups is 2. The van der Waals surface area contributed by atoms with E-state index in [9.17, 15) is 9.59 Å². The Morgan fingerprint density at radius 2 is 2.19 bits per heavy atom. The first-order valence-electron chi connectivity index (χ1n) is 9.05. The summed E-state index contributed by atoms with van der Waals surface area (Å²) in [6.45, 7) is 3.11. The lowest BCUT2D eigenvalue weighted by Gasteiger charge is -2.29. The van der Waals surface area contributed by atoms with Crippen molar-refractivity contribution >= 4 is 11.8 Å². The van der Waals surface area contributed by atoms with E-state index in [0.717, 1.165) is 29.7 Å². The molecule has 0 spiro atoms. The predicted octanol–water partition coefficient (Wildman–Crippen LogP) is 2.76. The third kappa shape index (κ3) is 4.70. The highest BCUT2D eigenvalue weighted by atomic mass is 16.2. The van der Waals surface area contributed by atoms with Crippen LogP contribution >= 0.6 is 0 Å². The van der Waals surface area contributed by atoms with E-state index in [1.54, 1.807) is 17.2 Å². The van der Waals surface area contributed by atoms with Gasteiger partial charge in [0, 0.05) is 43.9 Å². The quantitative estimate of drug-likeness (QED) is 0.906. The molecule has 2 heterocycles. The maximum atomic E-state index is 12.8. The van der Waals surface area contributed by atoms with Crippen molar-refractivity contribution in [2.75, 3.05) is 13.1 Å². The monoisotopic (exact) mass is 362 g/mol. The Morgan fingerprint density at radius 3 is 2.89 bits per heavy atom. The van der Waals surface area contributed by atoms with E-state index in [4.69, 9.17) is 5.26 Å². The number of pyridine rings is 1. The zero-order valence-corrected chi connectivity index (χ0v) is 15.3. The molecule has 2 amide bonds. The van der Waals surface area contributed by atoms with Crippen LogP contribution in [0.1, 0.15) is 35.7 Å². The molecule has 1 atom stereocenters. The number of rotatable bonds is 4. The van der Waals surface area contributed by atoms with Gasteiger partial charge in [-0.2, -0.15) is 5.26 Å². The van der Waals surface area contributed by atoms with E-state index in [-0.39, 0.29) is 17.7 Å². The van der Waals surface area contributed by atoms with Crippen molar-refractivity contribution in [2.24, 2.45) is 5.92 Å². The number of carbonyl (C=O) groups excluding carboxylic acids is 2. The zero-order chi connectivity index (χ0) is 19.2. The van der Waals surface area contributed by atoms with Gasteiger partial charge >= 0.3 is 0 Å². The fourth-order valence-corrected chi connectivity index (χ4v) is 3.19. The molecule has 1 aliphatic heterocycles. The number of nitrogens with zero attached hydrogens (tertiary/aromatic N) is 3. The van der Waals surface area contributed by atoms with Crippen LogP contribution in [-0.4, -0.2) is 34.8 Å². The highest BCUT2D eigenvalue weighted by molar-refractivity contribution is 5.95. The summed E-state index contributed by atoms with van der Waals surface area (Å²) in [5.41, 5.74) is 3.15. The molecule has 0 radical (unpaired) electrons. The summed E-state index contributed by atoms with van der Waals surface area (Å²) in [4.78, 5) is 30.0. The minimum absolute atomic E-state index is 0.0425. The number of amides is 2. The van der Waals surface area contributed by atoms with E-state index in [1.807, 2.05) is 30.3 Å². The minimum atomic E-state index is -0.0818. The van der Waals surface area contributed by atoms with Crippen molar-refractivity contribution in [3.8, 4) is 17.3 Å². The molecule has 0 saturated carbocycles. The molecule has 1 saturated heterocycles. The second-order valence-corrected chi connectivity index (χ2v) is 6.76. The van der Waals surface area contributed by atoms with Crippen molar-refractivity contribution in [2.45, 2.75) is 26.3 Å². The molecule has 1 aromatic carbocycles. The van der Waals surface area contributed by atoms with E-state index in [2.05, 4.69) is 16.4 Å². The van der Waals surface area contributed by atoms with Gasteiger partial charge in [0.1, 0.15) is 0 Å². The lowest BCUT2D eigenvalue weighted by atomic mass is 9.98. The Balaban J connectivity index is 1.74. The second-order valence-electron chi connectivity index (χ2n) is 6.76. The molecule has 3 rings (SSSR count). The Labute approximate surface area is 158 Å². The van der Waals surface area contributed by atoms with E-state index in [1.165, 1.54) is 6.92 Å². The molecule has 2 aromatic rings. The first-order chi connectivity index (χ1) is 13.1. The smallest absolute Gasteiger partial charge is 0.253 e. The van der Waals surface area contributed by atoms with Gasteiger partial charge in [-0.1, -0.05) is 18.2 Å². The fourth-order valence-electron chi connectivity index (χ4n) is 3.19. The normalized spacial score (nSPS) is 16.4. The largest absolute Gasteiger partial charge is 0.352 e. The number of hydrogen-bond acceptors (Lipinski definition) is 4. The van der Waals surface area contributed by atoms with Crippen LogP contribution < -0.4 is 5.32 Å². The van der Waals surface area contributed by atoms with Crippen LogP contribution in [0.2, 0.25) is 0 Å². The average Bonchev–Trinajstić information content (AvgIpc) is 2.72. The minimum Gasteiger partial charge on any atom is -0.352 e. The number of aromatic nitrogens is 1. The van der Waals surface area contributed by atoms with E-state index in [0.29, 0.717) is 25.2 Å². The SMILES string of the molecule is CC(=O)NCc1ccc(-c2cccc(C(=O)N3CCC[C@@H](C#N)C3)c2)nc1. The van der Waals surface area contributed by atoms with Crippen LogP contribution in [0.15, 0.2) is 42.6 Å². The van der Waals surface area contributed by atoms with Gasteiger partial charge in [-0.15, -0.1) is 0 Å². The molecule has 0 bridgehead atoms. The number of nitriles is 1. The molecule has 0 unspecified atom stereocenters. The molecular weight excluding hydrogens is 340 g/mol. The Kier molecular flexibility index (Phi) is 5.82. The van der Waals surface area contributed by atoms with Gasteiger partial charge in [0.05, 0.1) is 17.7 Å². The Hall–Kier alpha value is -3.20. The summed E-state index contributed by atoms with van der Waals surface area (Å²) >= 11 is 0. The maximum Gasteiger partial charge on any atom is 0.253 e. The van der Waals surface area contributed by atoms with Gasteiger partial charge in [-0.25, -0.2) is 0 Å². The van der Waals surface area contributed by atoms with Crippen molar-refractivity contribution in [3.63, 3.8) is 0 Å². The van der Waals surface area contributed by atoms with Gasteiger partial charge in [0.25, 0.3) is 5.91 Å². The third-order valence-electron chi connectivity index (χ3n) is 4.66. The van der Waals surface area contributed by atoms with Crippen LogP contribution in [0.25, 0.3) is 11.3 Å². The highest BCUT2D eigenvalue weighted by Crippen LogP contribution is 2.22. The van der Waals surface area contributed by atoms with Gasteiger partial charge in [0.15, 0.2) is 0 Å². The molecular formula is C21H22N4O2. The standard InChI is InChI=1S/C21H22N4O2/c1-15(26)23-12-17-7-8-20(24-13-17)18-5-2-6-19(10-18)21(27)25-9-3-4-16(11-22)14-25/h2,5-8,10,13,16H,3-4,9,12,14H2,1H3,(H,23,26)/t16-/m0/s1. The van der Waals surface area contributed by atoms with Gasteiger partial charge in [-0.05, 0) is 36.6 Å². The van der Waals surface area contributed by atoms with Gasteiger partial charge in [0.2, 0.25) is 5.91 Å². The third-order valence-corrected chi connectivity index (χ3v) is 4.66. The first-order valence-corrected chi connectivity index (χ1v) is 9.05. The predicted molar refractivity (Wildman–Crippen MR) is 101 cm³/mol. The molecule has 27 heavy (non-hydrogen) atoms. The summed E-state index contributed by atoms with van der Waals surface area (Å²) in [7, 11) is 0. The first kappa shape index (κ1) is 18.6. The number of benzene rings is 1. The molecule has 6 heteroatoms. The maximum absolute atomic E-state index is 12.8. The number of piperidine rings is 1. The van der Waals surface area contributed by atoms with Gasteiger partial charge < -0.3 is 10.2 Å². The van der Waals surface area contributed by atoms with E-state index >= 15 is 0 Å². The van der Waals surface area contributed by atoms with Crippen LogP contribution in [0.5, 0.6) is 0 Å². The molecule has 1 fully saturated rings. The van der Waals surface area contributed by atoms with Crippen LogP contribution in [0.3, 0.4) is 0 Å². The second kappa shape index (κ2) is 8.45. The summed E-state index contributed by atoms with van der Waals surface area (Å²) in [6, 6.07) is 13.5. The van der Waals surface area contributed by atoms with Crippen molar-refractivity contribution in [1.82, 2.24) is 15.2 Å². The number of nitrogens with one attached hydrogen (secondary N) is 1. The summed E-state index contributed by atoms with van der Waals surface area (Å²) in [6.07, 6.45) is 3.44.